The fourth-order valence-electron chi connectivity index (χ4n) is 2.63. The lowest BCUT2D eigenvalue weighted by Crippen LogP contribution is -2.42. The third-order valence-corrected chi connectivity index (χ3v) is 4.03. The van der Waals surface area contributed by atoms with Crippen molar-refractivity contribution in [3.63, 3.8) is 0 Å². The van der Waals surface area contributed by atoms with Crippen LogP contribution in [0, 0.1) is 18.3 Å². The van der Waals surface area contributed by atoms with Gasteiger partial charge < -0.3 is 15.4 Å². The molecule has 0 spiro atoms. The predicted octanol–water partition coefficient (Wildman–Crippen LogP) is 2.71. The van der Waals surface area contributed by atoms with E-state index in [1.165, 1.54) is 0 Å². The number of likely N-dealkylation sites (tertiary alicyclic amines) is 1. The number of hydrogen-bond donors (Lipinski definition) is 2. The highest BCUT2D eigenvalue weighted by Gasteiger charge is 2.20. The summed E-state index contributed by atoms with van der Waals surface area (Å²) in [5.74, 6) is 1.14. The smallest absolute Gasteiger partial charge is 0.311 e. The number of nitrogens with zero attached hydrogens (tertiary/aromatic N) is 1. The first-order chi connectivity index (χ1) is 10.1. The van der Waals surface area contributed by atoms with E-state index in [0.717, 1.165) is 37.9 Å². The number of carbonyl (C=O) groups excluding carboxylic acids is 1. The molecule has 2 rings (SSSR count). The third kappa shape index (κ3) is 5.22. The summed E-state index contributed by atoms with van der Waals surface area (Å²) >= 11 is 0. The molecule has 0 atom stereocenters. The number of nitrogens with one attached hydrogen (secondary N) is 1. The van der Waals surface area contributed by atoms with E-state index in [0.29, 0.717) is 18.1 Å². The van der Waals surface area contributed by atoms with Gasteiger partial charge in [0, 0.05) is 19.5 Å². The topological polar surface area (TPSA) is 79.4 Å². The Kier molecular flexibility index (Phi) is 7.18. The van der Waals surface area contributed by atoms with Crippen LogP contribution in [-0.4, -0.2) is 29.9 Å². The van der Waals surface area contributed by atoms with Gasteiger partial charge in [0.25, 0.3) is 0 Å². The molecule has 1 aromatic rings. The van der Waals surface area contributed by atoms with Crippen LogP contribution in [0.25, 0.3) is 0 Å². The van der Waals surface area contributed by atoms with Gasteiger partial charge in [-0.3, -0.25) is 10.2 Å². The lowest BCUT2D eigenvalue weighted by Gasteiger charge is -2.31. The van der Waals surface area contributed by atoms with E-state index in [1.807, 2.05) is 36.1 Å². The SMILES string of the molecule is Cc1ccccc1OC(=O)CCC1CCN(C(=N)N)CC1.Cl. The van der Waals surface area contributed by atoms with Crippen molar-refractivity contribution < 1.29 is 9.53 Å². The molecule has 0 bridgehead atoms. The molecule has 0 saturated carbocycles. The lowest BCUT2D eigenvalue weighted by molar-refractivity contribution is -0.134. The van der Waals surface area contributed by atoms with Gasteiger partial charge in [-0.25, -0.2) is 0 Å². The number of hydrogen-bond acceptors (Lipinski definition) is 3. The van der Waals surface area contributed by atoms with Crippen molar-refractivity contribution in [1.29, 1.82) is 5.41 Å². The minimum atomic E-state index is -0.168. The van der Waals surface area contributed by atoms with E-state index in [1.54, 1.807) is 0 Å². The molecule has 1 aliphatic heterocycles. The Morgan fingerprint density at radius 3 is 2.59 bits per heavy atom. The Morgan fingerprint density at radius 1 is 1.36 bits per heavy atom. The number of para-hydroxylation sites is 1. The average Bonchev–Trinajstić information content (AvgIpc) is 2.48. The molecule has 1 saturated heterocycles. The Hall–Kier alpha value is -1.75. The summed E-state index contributed by atoms with van der Waals surface area (Å²) < 4.78 is 5.39. The van der Waals surface area contributed by atoms with E-state index >= 15 is 0 Å². The highest BCUT2D eigenvalue weighted by molar-refractivity contribution is 5.85. The molecular formula is C16H24ClN3O2. The predicted molar refractivity (Wildman–Crippen MR) is 89.5 cm³/mol. The van der Waals surface area contributed by atoms with Crippen LogP contribution in [0.15, 0.2) is 24.3 Å². The summed E-state index contributed by atoms with van der Waals surface area (Å²) in [5, 5.41) is 7.40. The van der Waals surface area contributed by atoms with Crippen LogP contribution >= 0.6 is 12.4 Å². The van der Waals surface area contributed by atoms with Crippen LogP contribution in [-0.2, 0) is 4.79 Å². The van der Waals surface area contributed by atoms with Gasteiger partial charge in [-0.15, -0.1) is 12.4 Å². The third-order valence-electron chi connectivity index (χ3n) is 4.03. The highest BCUT2D eigenvalue weighted by Crippen LogP contribution is 2.23. The molecular weight excluding hydrogens is 302 g/mol. The van der Waals surface area contributed by atoms with E-state index in [9.17, 15) is 4.79 Å². The van der Waals surface area contributed by atoms with Gasteiger partial charge in [0.1, 0.15) is 5.75 Å². The molecule has 0 radical (unpaired) electrons. The maximum atomic E-state index is 11.9. The van der Waals surface area contributed by atoms with Gasteiger partial charge in [-0.1, -0.05) is 18.2 Å². The van der Waals surface area contributed by atoms with Crippen molar-refractivity contribution in [1.82, 2.24) is 4.90 Å². The zero-order valence-corrected chi connectivity index (χ0v) is 13.7. The number of carbonyl (C=O) groups is 1. The van der Waals surface area contributed by atoms with E-state index in [4.69, 9.17) is 15.9 Å². The zero-order chi connectivity index (χ0) is 15.2. The number of aryl methyl sites for hydroxylation is 1. The minimum absolute atomic E-state index is 0. The summed E-state index contributed by atoms with van der Waals surface area (Å²) in [5.41, 5.74) is 6.44. The Labute approximate surface area is 137 Å². The van der Waals surface area contributed by atoms with Crippen molar-refractivity contribution in [2.75, 3.05) is 13.1 Å². The van der Waals surface area contributed by atoms with Crippen molar-refractivity contribution in [2.45, 2.75) is 32.6 Å². The number of benzene rings is 1. The second-order valence-electron chi connectivity index (χ2n) is 5.59. The molecule has 22 heavy (non-hydrogen) atoms. The summed E-state index contributed by atoms with van der Waals surface area (Å²) in [6.45, 7) is 3.56. The van der Waals surface area contributed by atoms with Crippen molar-refractivity contribution in [3.05, 3.63) is 29.8 Å². The number of guanidine groups is 1. The fourth-order valence-corrected chi connectivity index (χ4v) is 2.63. The monoisotopic (exact) mass is 325 g/mol. The maximum absolute atomic E-state index is 11.9. The van der Waals surface area contributed by atoms with Gasteiger partial charge in [0.05, 0.1) is 0 Å². The second kappa shape index (κ2) is 8.63. The summed E-state index contributed by atoms with van der Waals surface area (Å²) in [7, 11) is 0. The highest BCUT2D eigenvalue weighted by atomic mass is 35.5. The summed E-state index contributed by atoms with van der Waals surface area (Å²) in [6.07, 6.45) is 3.25. The van der Waals surface area contributed by atoms with Crippen LogP contribution in [0.4, 0.5) is 0 Å². The largest absolute Gasteiger partial charge is 0.426 e. The fraction of sp³-hybridized carbons (Fsp3) is 0.500. The molecule has 1 heterocycles. The lowest BCUT2D eigenvalue weighted by atomic mass is 9.92. The first-order valence-corrected chi connectivity index (χ1v) is 7.41. The van der Waals surface area contributed by atoms with E-state index in [2.05, 4.69) is 0 Å². The number of halogens is 1. The molecule has 0 aliphatic carbocycles. The van der Waals surface area contributed by atoms with Gasteiger partial charge in [0.2, 0.25) is 0 Å². The zero-order valence-electron chi connectivity index (χ0n) is 12.9. The molecule has 1 aromatic carbocycles. The Balaban J connectivity index is 0.00000242. The molecule has 0 aromatic heterocycles. The first-order valence-electron chi connectivity index (χ1n) is 7.41. The average molecular weight is 326 g/mol. The van der Waals surface area contributed by atoms with Gasteiger partial charge in [-0.05, 0) is 43.7 Å². The normalized spacial score (nSPS) is 15.0. The van der Waals surface area contributed by atoms with Crippen molar-refractivity contribution in [3.8, 4) is 5.75 Å². The number of piperidine rings is 1. The molecule has 3 N–H and O–H groups in total. The molecule has 1 fully saturated rings. The van der Waals surface area contributed by atoms with Crippen LogP contribution in [0.3, 0.4) is 0 Å². The maximum Gasteiger partial charge on any atom is 0.311 e. The summed E-state index contributed by atoms with van der Waals surface area (Å²) in [6, 6.07) is 7.54. The van der Waals surface area contributed by atoms with Crippen LogP contribution in [0.2, 0.25) is 0 Å². The minimum Gasteiger partial charge on any atom is -0.426 e. The van der Waals surface area contributed by atoms with Gasteiger partial charge >= 0.3 is 5.97 Å². The first kappa shape index (κ1) is 18.3. The van der Waals surface area contributed by atoms with Crippen molar-refractivity contribution in [2.24, 2.45) is 11.7 Å². The molecule has 1 aliphatic rings. The number of rotatable bonds is 4. The molecule has 5 nitrogen and oxygen atoms in total. The standard InChI is InChI=1S/C16H23N3O2.ClH/c1-12-4-2-3-5-14(12)21-15(20)7-6-13-8-10-19(11-9-13)16(17)18;/h2-5,13H,6-11H2,1H3,(H3,17,18);1H. The summed E-state index contributed by atoms with van der Waals surface area (Å²) in [4.78, 5) is 13.8. The molecule has 0 amide bonds. The molecule has 6 heteroatoms. The molecule has 0 unspecified atom stereocenters. The second-order valence-corrected chi connectivity index (χ2v) is 5.59. The Bertz CT molecular complexity index is 514. The van der Waals surface area contributed by atoms with E-state index in [-0.39, 0.29) is 24.3 Å². The van der Waals surface area contributed by atoms with Crippen LogP contribution in [0.1, 0.15) is 31.2 Å². The van der Waals surface area contributed by atoms with Gasteiger partial charge in [-0.2, -0.15) is 0 Å². The van der Waals surface area contributed by atoms with Crippen LogP contribution in [0.5, 0.6) is 5.75 Å². The van der Waals surface area contributed by atoms with Crippen molar-refractivity contribution >= 4 is 24.3 Å². The van der Waals surface area contributed by atoms with E-state index < -0.39 is 0 Å². The van der Waals surface area contributed by atoms with Crippen LogP contribution < -0.4 is 10.5 Å². The molecule has 122 valence electrons. The number of esters is 1. The number of ether oxygens (including phenoxy) is 1. The quantitative estimate of drug-likeness (QED) is 0.386. The Morgan fingerprint density at radius 2 is 2.00 bits per heavy atom. The number of nitrogens with two attached hydrogens (primary N) is 1. The van der Waals surface area contributed by atoms with Gasteiger partial charge in [0.15, 0.2) is 5.96 Å².